The molecular weight excluding hydrogens is 350 g/mol. The van der Waals surface area contributed by atoms with Crippen molar-refractivity contribution in [1.82, 2.24) is 9.55 Å². The molecule has 6 heteroatoms. The average molecular weight is 368 g/mol. The van der Waals surface area contributed by atoms with Crippen molar-refractivity contribution in [2.45, 2.75) is 31.6 Å². The number of rotatable bonds is 2. The van der Waals surface area contributed by atoms with Gasteiger partial charge in [-0.05, 0) is 49.2 Å². The van der Waals surface area contributed by atoms with Crippen molar-refractivity contribution in [3.8, 4) is 5.69 Å². The van der Waals surface area contributed by atoms with E-state index in [1.165, 1.54) is 0 Å². The first kappa shape index (κ1) is 15.9. The number of nitrogens with one attached hydrogen (secondary N) is 1. The molecule has 1 atom stereocenters. The van der Waals surface area contributed by atoms with Crippen molar-refractivity contribution in [2.75, 3.05) is 12.1 Å². The lowest BCUT2D eigenvalue weighted by molar-refractivity contribution is 0.168. The molecule has 1 unspecified atom stereocenters. The van der Waals surface area contributed by atoms with E-state index in [4.69, 9.17) is 21.4 Å². The molecule has 5 rings (SSSR count). The first-order valence-corrected chi connectivity index (χ1v) is 9.24. The van der Waals surface area contributed by atoms with Gasteiger partial charge in [-0.15, -0.1) is 0 Å². The van der Waals surface area contributed by atoms with Crippen molar-refractivity contribution in [3.05, 3.63) is 63.2 Å². The summed E-state index contributed by atoms with van der Waals surface area (Å²) in [5.41, 5.74) is 6.50. The van der Waals surface area contributed by atoms with E-state index in [0.29, 0.717) is 22.9 Å². The highest BCUT2D eigenvalue weighted by Gasteiger charge is 2.31. The van der Waals surface area contributed by atoms with Crippen LogP contribution in [0.1, 0.15) is 43.0 Å². The molecule has 2 heterocycles. The highest BCUT2D eigenvalue weighted by atomic mass is 35.5. The van der Waals surface area contributed by atoms with Crippen LogP contribution in [0.3, 0.4) is 0 Å². The van der Waals surface area contributed by atoms with Crippen LogP contribution in [0.15, 0.2) is 41.2 Å². The van der Waals surface area contributed by atoms with E-state index < -0.39 is 0 Å². The molecule has 0 amide bonds. The Morgan fingerprint density at radius 1 is 1.19 bits per heavy atom. The van der Waals surface area contributed by atoms with Gasteiger partial charge in [0.15, 0.2) is 0 Å². The van der Waals surface area contributed by atoms with E-state index in [-0.39, 0.29) is 11.5 Å². The smallest absolute Gasteiger partial charge is 0.265 e. The minimum atomic E-state index is -0.0271. The van der Waals surface area contributed by atoms with Crippen LogP contribution in [-0.4, -0.2) is 16.2 Å². The second kappa shape index (κ2) is 5.83. The van der Waals surface area contributed by atoms with Gasteiger partial charge in [-0.25, -0.2) is 4.98 Å². The van der Waals surface area contributed by atoms with Gasteiger partial charge in [0.1, 0.15) is 5.82 Å². The van der Waals surface area contributed by atoms with Gasteiger partial charge in [-0.3, -0.25) is 19.7 Å². The Morgan fingerprint density at radius 2 is 1.96 bits per heavy atom. The maximum atomic E-state index is 13.4. The van der Waals surface area contributed by atoms with Crippen LogP contribution in [0.5, 0.6) is 0 Å². The van der Waals surface area contributed by atoms with Gasteiger partial charge < -0.3 is 0 Å². The fourth-order valence-electron chi connectivity index (χ4n) is 3.66. The number of aromatic nitrogens is 2. The molecule has 0 radical (unpaired) electrons. The van der Waals surface area contributed by atoms with Crippen LogP contribution < -0.4 is 11.0 Å². The molecule has 3 aromatic rings. The van der Waals surface area contributed by atoms with E-state index in [1.54, 1.807) is 16.7 Å². The first-order chi connectivity index (χ1) is 12.6. The molecule has 2 aliphatic rings. The second-order valence-corrected chi connectivity index (χ2v) is 7.53. The summed E-state index contributed by atoms with van der Waals surface area (Å²) in [6, 6.07) is 11.1. The summed E-state index contributed by atoms with van der Waals surface area (Å²) in [5, 5.41) is 1.29. The molecule has 26 heavy (non-hydrogen) atoms. The topological polar surface area (TPSA) is 56.1 Å². The zero-order chi connectivity index (χ0) is 17.8. The lowest BCUT2D eigenvalue weighted by atomic mass is 9.96. The van der Waals surface area contributed by atoms with Crippen molar-refractivity contribution in [2.24, 2.45) is 0 Å². The highest BCUT2D eigenvalue weighted by molar-refractivity contribution is 6.30. The number of benzene rings is 2. The Labute approximate surface area is 155 Å². The number of anilines is 1. The number of nitrogens with zero attached hydrogens (tertiary/aromatic N) is 2. The Bertz CT molecular complexity index is 1070. The summed E-state index contributed by atoms with van der Waals surface area (Å²) >= 11 is 6.02. The van der Waals surface area contributed by atoms with E-state index in [1.807, 2.05) is 24.3 Å². The highest BCUT2D eigenvalue weighted by Crippen LogP contribution is 2.41. The van der Waals surface area contributed by atoms with E-state index >= 15 is 0 Å². The predicted molar refractivity (Wildman–Crippen MR) is 102 cm³/mol. The van der Waals surface area contributed by atoms with Gasteiger partial charge in [-0.2, -0.15) is 0 Å². The summed E-state index contributed by atoms with van der Waals surface area (Å²) in [4.78, 5) is 23.8. The maximum Gasteiger partial charge on any atom is 0.265 e. The normalized spacial score (nSPS) is 19.2. The molecule has 2 aromatic carbocycles. The van der Waals surface area contributed by atoms with Crippen molar-refractivity contribution in [1.29, 1.82) is 0 Å². The zero-order valence-electron chi connectivity index (χ0n) is 14.3. The maximum absolute atomic E-state index is 13.4. The minimum absolute atomic E-state index is 0.0271. The van der Waals surface area contributed by atoms with Crippen molar-refractivity contribution >= 4 is 28.2 Å². The number of fused-ring (bicyclic) bond motifs is 3. The molecule has 0 bridgehead atoms. The van der Waals surface area contributed by atoms with Crippen molar-refractivity contribution in [3.63, 3.8) is 0 Å². The van der Waals surface area contributed by atoms with Crippen LogP contribution in [0.2, 0.25) is 5.02 Å². The molecule has 1 aliphatic heterocycles. The number of hydrogen-bond acceptors (Lipinski definition) is 4. The van der Waals surface area contributed by atoms with E-state index in [2.05, 4.69) is 12.4 Å². The lowest BCUT2D eigenvalue weighted by Crippen LogP contribution is -2.26. The molecule has 0 saturated heterocycles. The third-order valence-electron chi connectivity index (χ3n) is 5.14. The zero-order valence-corrected chi connectivity index (χ0v) is 15.1. The number of halogens is 1. The van der Waals surface area contributed by atoms with Gasteiger partial charge in [0.2, 0.25) is 0 Å². The molecule has 1 aliphatic carbocycles. The van der Waals surface area contributed by atoms with Gasteiger partial charge in [0.25, 0.3) is 5.56 Å². The van der Waals surface area contributed by atoms with Gasteiger partial charge in [0, 0.05) is 22.4 Å². The van der Waals surface area contributed by atoms with Crippen LogP contribution in [0, 0.1) is 0 Å². The third kappa shape index (κ3) is 2.42. The SMILES string of the molecule is CC1CONc2ccc3c(=O)n(-c4ccc(Cl)cc4)c(C4CC4)nc3c21. The van der Waals surface area contributed by atoms with E-state index in [0.717, 1.165) is 41.1 Å². The van der Waals surface area contributed by atoms with Crippen LogP contribution >= 0.6 is 11.6 Å². The Kier molecular flexibility index (Phi) is 3.55. The molecule has 1 fully saturated rings. The quantitative estimate of drug-likeness (QED) is 0.730. The molecular formula is C20H18ClN3O2. The predicted octanol–water partition coefficient (Wildman–Crippen LogP) is 4.38. The Balaban J connectivity index is 1.84. The summed E-state index contributed by atoms with van der Waals surface area (Å²) < 4.78 is 1.75. The summed E-state index contributed by atoms with van der Waals surface area (Å²) in [6.45, 7) is 2.66. The monoisotopic (exact) mass is 367 g/mol. The largest absolute Gasteiger partial charge is 0.275 e. The standard InChI is InChI=1S/C20H18ClN3O2/c1-11-10-26-23-16-9-8-15-18(17(11)16)22-19(12-2-3-12)24(20(15)25)14-6-4-13(21)5-7-14/h4-9,11-12,23H,2-3,10H2,1H3. The second-order valence-electron chi connectivity index (χ2n) is 7.10. The summed E-state index contributed by atoms with van der Waals surface area (Å²) in [6.07, 6.45) is 2.13. The molecule has 1 aromatic heterocycles. The summed E-state index contributed by atoms with van der Waals surface area (Å²) in [5.74, 6) is 1.36. The Morgan fingerprint density at radius 3 is 2.69 bits per heavy atom. The van der Waals surface area contributed by atoms with Gasteiger partial charge in [0.05, 0.1) is 28.9 Å². The fraction of sp³-hybridized carbons (Fsp3) is 0.300. The fourth-order valence-corrected chi connectivity index (χ4v) is 3.79. The van der Waals surface area contributed by atoms with Gasteiger partial charge >= 0.3 is 0 Å². The molecule has 0 spiro atoms. The minimum Gasteiger partial charge on any atom is -0.275 e. The molecule has 1 saturated carbocycles. The van der Waals surface area contributed by atoms with Crippen molar-refractivity contribution < 1.29 is 4.84 Å². The average Bonchev–Trinajstić information content (AvgIpc) is 3.47. The molecule has 5 nitrogen and oxygen atoms in total. The Hall–Kier alpha value is -2.37. The summed E-state index contributed by atoms with van der Waals surface area (Å²) in [7, 11) is 0. The van der Waals surface area contributed by atoms with Gasteiger partial charge in [-0.1, -0.05) is 18.5 Å². The van der Waals surface area contributed by atoms with E-state index in [9.17, 15) is 4.79 Å². The number of hydrogen-bond donors (Lipinski definition) is 1. The lowest BCUT2D eigenvalue weighted by Gasteiger charge is -2.25. The molecule has 132 valence electrons. The van der Waals surface area contributed by atoms with Crippen LogP contribution in [0.4, 0.5) is 5.69 Å². The molecule has 1 N–H and O–H groups in total. The van der Waals surface area contributed by atoms with Crippen LogP contribution in [0.25, 0.3) is 16.6 Å². The first-order valence-electron chi connectivity index (χ1n) is 8.87. The van der Waals surface area contributed by atoms with Crippen LogP contribution in [-0.2, 0) is 4.84 Å². The third-order valence-corrected chi connectivity index (χ3v) is 5.39.